The van der Waals surface area contributed by atoms with Crippen LogP contribution in [0.25, 0.3) is 0 Å². The molecule has 0 saturated carbocycles. The number of rotatable bonds is 17. The van der Waals surface area contributed by atoms with E-state index in [2.05, 4.69) is 66.1 Å². The molecule has 9 aromatic heterocycles. The van der Waals surface area contributed by atoms with Crippen LogP contribution in [0.3, 0.4) is 0 Å². The van der Waals surface area contributed by atoms with E-state index in [4.69, 9.17) is 47.8 Å². The number of phenols is 3. The molecule has 9 heterocycles. The van der Waals surface area contributed by atoms with E-state index in [9.17, 15) is 88.2 Å². The number of benzene rings is 3. The molecule has 0 fully saturated rings. The molecule has 0 aliphatic carbocycles. The van der Waals surface area contributed by atoms with E-state index in [1.165, 1.54) is 219 Å². The van der Waals surface area contributed by atoms with Crippen LogP contribution in [0, 0.1) is 0 Å². The largest absolute Gasteiger partial charge is 0.507 e. The Bertz CT molecular complexity index is 5320. The molecule has 47 heteroatoms. The number of hydrogen-bond donors (Lipinski definition) is 19. The number of pyridine rings is 9. The molecule has 10 amide bonds. The number of nitrogens with two attached hydrogens (primary N) is 3. The number of para-hydroxylation sites is 3. The number of phenolic OH excluding ortho intramolecular Hbond substituents is 2. The van der Waals surface area contributed by atoms with Gasteiger partial charge in [-0.2, -0.15) is 0 Å². The number of hydrogen-bond acceptors (Lipinski definition) is 33. The fourth-order valence-corrected chi connectivity index (χ4v) is 9.36. The Balaban J connectivity index is -0.000000714. The minimum atomic E-state index is -0.653. The van der Waals surface area contributed by atoms with Crippen molar-refractivity contribution < 1.29 is 187 Å². The number of primary amides is 3. The topological polar surface area (TPSA) is 700 Å². The summed E-state index contributed by atoms with van der Waals surface area (Å²) in [5.41, 5.74) is 17.7. The van der Waals surface area contributed by atoms with E-state index in [1.807, 2.05) is 20.8 Å². The molecule has 139 heavy (non-hydrogen) atoms. The molecule has 0 bridgehead atoms. The first-order valence-corrected chi connectivity index (χ1v) is 39.7. The first-order valence-electron chi connectivity index (χ1n) is 39.7. The van der Waals surface area contributed by atoms with Crippen LogP contribution in [0.15, 0.2) is 239 Å². The van der Waals surface area contributed by atoms with Crippen LogP contribution >= 0.6 is 0 Å². The number of ketones is 2. The molecular weight excluding hydrogens is 1980 g/mol. The third kappa shape index (κ3) is 48.0. The molecule has 12 rings (SSSR count). The summed E-state index contributed by atoms with van der Waals surface area (Å²) in [5.74, 6) is -4.76. The van der Waals surface area contributed by atoms with Crippen molar-refractivity contribution >= 4 is 70.6 Å². The van der Waals surface area contributed by atoms with Crippen molar-refractivity contribution in [3.05, 3.63) is 306 Å². The summed E-state index contributed by atoms with van der Waals surface area (Å²) in [7, 11) is 12.8. The zero-order chi connectivity index (χ0) is 102. The average Bonchev–Trinajstić information content (AvgIpc) is 0.866. The molecule has 43 nitrogen and oxygen atoms in total. The first-order chi connectivity index (χ1) is 64.0. The van der Waals surface area contributed by atoms with Gasteiger partial charge in [0.15, 0.2) is 11.6 Å². The fraction of sp³-hybridized carbons (Fsp3) is 0.185. The minimum Gasteiger partial charge on any atom is -0.507 e. The van der Waals surface area contributed by atoms with Crippen LogP contribution in [0.5, 0.6) is 69.0 Å². The SMILES string of the molecule is CCC(=O)c1ccncc1O.CCCC(=O)c1ccncc1O.CCNC(=O)c1ccccc1O.CCNC(=O)c1ccncc1O.CN(C)C(=O)c1ccncc1O.CN(C)C(=O)c1ccncc1O.CN(C)C(=O)c1ccncc1O.CNC(=O)c1ccccc1O.CNC(=O)c1ccncc1O.NC(=O)c1ccccc1O.NC(=O)c1ccncc1O.NC(=O)c1ccncc1O.[Fe].[Fe].[Fe].[Fe]. The van der Waals surface area contributed by atoms with Crippen LogP contribution < -0.4 is 38.5 Å². The predicted molar refractivity (Wildman–Crippen MR) is 494 cm³/mol. The normalized spacial score (nSPS) is 9.12. The number of Topliss-reactive ketones (excluding diaryl/α,β-unsaturated/α-hetero) is 2. The molecule has 746 valence electrons. The van der Waals surface area contributed by atoms with Crippen molar-refractivity contribution in [2.24, 2.45) is 17.2 Å². The molecule has 22 N–H and O–H groups in total. The summed E-state index contributed by atoms with van der Waals surface area (Å²) in [6.07, 6.45) is 25.8. The molecule has 3 aromatic carbocycles. The predicted octanol–water partition coefficient (Wildman–Crippen LogP) is 7.45. The molecule has 0 unspecified atom stereocenters. The maximum absolute atomic E-state index is 11.3. The van der Waals surface area contributed by atoms with Crippen LogP contribution in [-0.2, 0) is 68.3 Å². The van der Waals surface area contributed by atoms with Crippen molar-refractivity contribution in [2.45, 2.75) is 47.0 Å². The first kappa shape index (κ1) is 129. The number of amides is 10. The Morgan fingerprint density at radius 1 is 0.259 bits per heavy atom. The van der Waals surface area contributed by atoms with Gasteiger partial charge in [-0.25, -0.2) is 0 Å². The number of nitrogens with one attached hydrogen (secondary N) is 4. The summed E-state index contributed by atoms with van der Waals surface area (Å²) >= 11 is 0. The quantitative estimate of drug-likeness (QED) is 0.0311. The summed E-state index contributed by atoms with van der Waals surface area (Å²) in [6, 6.07) is 32.2. The van der Waals surface area contributed by atoms with Gasteiger partial charge < -0.3 is 114 Å². The van der Waals surface area contributed by atoms with Gasteiger partial charge in [-0.05, 0) is 111 Å². The second kappa shape index (κ2) is 71.3. The van der Waals surface area contributed by atoms with E-state index < -0.39 is 17.7 Å². The molecule has 0 spiro atoms. The maximum atomic E-state index is 11.3. The van der Waals surface area contributed by atoms with Crippen LogP contribution in [-0.4, -0.2) is 261 Å². The van der Waals surface area contributed by atoms with Gasteiger partial charge in [0.05, 0.1) is 123 Å². The van der Waals surface area contributed by atoms with Crippen molar-refractivity contribution in [2.75, 3.05) is 69.5 Å². The van der Waals surface area contributed by atoms with Crippen LogP contribution in [0.4, 0.5) is 0 Å². The summed E-state index contributed by atoms with van der Waals surface area (Å²) in [6.45, 7) is 8.43. The third-order valence-electron chi connectivity index (χ3n) is 16.1. The van der Waals surface area contributed by atoms with Crippen LogP contribution in [0.1, 0.15) is 171 Å². The smallest absolute Gasteiger partial charge is 0.257 e. The van der Waals surface area contributed by atoms with E-state index >= 15 is 0 Å². The van der Waals surface area contributed by atoms with Crippen molar-refractivity contribution in [1.29, 1.82) is 0 Å². The Morgan fingerprint density at radius 2 is 0.446 bits per heavy atom. The van der Waals surface area contributed by atoms with Gasteiger partial charge in [-0.15, -0.1) is 0 Å². The van der Waals surface area contributed by atoms with Crippen molar-refractivity contribution in [1.82, 2.24) is 80.8 Å². The molecule has 0 saturated heterocycles. The summed E-state index contributed by atoms with van der Waals surface area (Å²) < 4.78 is 0. The van der Waals surface area contributed by atoms with Gasteiger partial charge in [0.2, 0.25) is 0 Å². The second-order valence-electron chi connectivity index (χ2n) is 26.6. The Kier molecular flexibility index (Phi) is 66.2. The Labute approximate surface area is 841 Å². The van der Waals surface area contributed by atoms with E-state index in [1.54, 1.807) is 97.7 Å². The van der Waals surface area contributed by atoms with Crippen molar-refractivity contribution in [3.8, 4) is 69.0 Å². The zero-order valence-electron chi connectivity index (χ0n) is 76.8. The summed E-state index contributed by atoms with van der Waals surface area (Å²) in [5, 5.41) is 119. The van der Waals surface area contributed by atoms with Crippen molar-refractivity contribution in [3.63, 3.8) is 0 Å². The second-order valence-corrected chi connectivity index (χ2v) is 26.6. The number of aromatic hydroxyl groups is 12. The van der Waals surface area contributed by atoms with Gasteiger partial charge in [0, 0.05) is 206 Å². The monoisotopic (exact) mass is 2090 g/mol. The van der Waals surface area contributed by atoms with Gasteiger partial charge in [0.1, 0.15) is 69.0 Å². The number of carbonyl (C=O) groups is 12. The standard InChI is InChI=1S/2C9H11NO2.4C8H10N2O2.2C8H9NO2.C7H8N2O2.C7H7NO2.2C6H6N2O2.4Fe/c1-2-10-9(12)7-5-3-4-6-8(7)11;1-2-3-8(11)7-4-5-10-6-9(7)12;3*1-10(2)8(12)6-3-4-9-5-7(6)11;1-2-10-8(12)6-3-4-9-5-7(6)11;1-9-8(11)6-4-2-3-5-7(6)10;1-2-7(10)6-3-4-9-5-8(6)11;1-8-7(11)5-2-3-9-4-6(5)10;8-7(10)5-3-1-2-4-6(5)9;2*7-6(10)4-1-2-8-3-5(4)9;;;;/h3-6,11H,2H2,1H3,(H,10,12);4-6,12H,2-3H2,1H3;3*3-5,11H,1-2H3;3-5,11H,2H2,1H3,(H,10,12);2-5,10H,1H3,(H,9,11);3-5,11H,2H2,1H3;2-4,10H,1H3,(H,8,11);1-4,9H,(H2,8,10);2*1-3,9H,(H2,7,10);;;;. The fourth-order valence-electron chi connectivity index (χ4n) is 9.36. The van der Waals surface area contributed by atoms with Crippen LogP contribution in [0.2, 0.25) is 0 Å². The molecule has 0 aliphatic heterocycles. The number of carbonyl (C=O) groups excluding carboxylic acids is 12. The molecule has 0 aliphatic rings. The van der Waals surface area contributed by atoms with Gasteiger partial charge >= 0.3 is 0 Å². The number of nitrogens with zero attached hydrogens (tertiary/aromatic N) is 12. The molecular formula is C92H107Fe4N19O24. The van der Waals surface area contributed by atoms with E-state index in [0.29, 0.717) is 48.2 Å². The molecule has 12 aromatic rings. The van der Waals surface area contributed by atoms with Gasteiger partial charge in [-0.1, -0.05) is 50.2 Å². The van der Waals surface area contributed by atoms with Gasteiger partial charge in [-0.3, -0.25) is 102 Å². The summed E-state index contributed by atoms with van der Waals surface area (Å²) in [4.78, 5) is 169. The molecule has 0 radical (unpaired) electrons. The zero-order valence-corrected chi connectivity index (χ0v) is 81.2. The van der Waals surface area contributed by atoms with Gasteiger partial charge in [0.25, 0.3) is 59.1 Å². The third-order valence-corrected chi connectivity index (χ3v) is 16.1. The number of aromatic nitrogens is 9. The van der Waals surface area contributed by atoms with E-state index in [-0.39, 0.29) is 235 Å². The average molecular weight is 2090 g/mol. The minimum absolute atomic E-state index is 0. The maximum Gasteiger partial charge on any atom is 0.257 e. The molecule has 0 atom stereocenters. The Hall–Kier alpha value is -16.3. The Morgan fingerprint density at radius 3 is 0.633 bits per heavy atom. The van der Waals surface area contributed by atoms with E-state index in [0.717, 1.165) is 6.42 Å².